The molecule has 3 rings (SSSR count). The van der Waals surface area contributed by atoms with Gasteiger partial charge in [0.05, 0.1) is 4.92 Å². The second-order valence-electron chi connectivity index (χ2n) is 7.39. The highest BCUT2D eigenvalue weighted by Gasteiger charge is 2.22. The number of nitrogens with two attached hydrogens (primary N) is 2. The molecule has 1 aromatic carbocycles. The van der Waals surface area contributed by atoms with Crippen LogP contribution in [0.5, 0.6) is 0 Å². The average molecular weight is 420 g/mol. The van der Waals surface area contributed by atoms with Crippen LogP contribution >= 0.6 is 11.6 Å². The van der Waals surface area contributed by atoms with Crippen molar-refractivity contribution in [1.82, 2.24) is 9.97 Å². The summed E-state index contributed by atoms with van der Waals surface area (Å²) in [6.07, 6.45) is 5.54. The van der Waals surface area contributed by atoms with E-state index in [4.69, 9.17) is 23.1 Å². The number of nitro groups is 1. The van der Waals surface area contributed by atoms with Crippen LogP contribution in [0.3, 0.4) is 0 Å². The number of nitrogen functional groups attached to an aromatic ring is 1. The lowest BCUT2D eigenvalue weighted by molar-refractivity contribution is -0.384. The third-order valence-corrected chi connectivity index (χ3v) is 5.70. The van der Waals surface area contributed by atoms with Gasteiger partial charge in [0.1, 0.15) is 6.20 Å². The van der Waals surface area contributed by atoms with E-state index in [1.807, 2.05) is 0 Å². The van der Waals surface area contributed by atoms with Crippen LogP contribution in [-0.2, 0) is 6.54 Å². The summed E-state index contributed by atoms with van der Waals surface area (Å²) in [6, 6.07) is 5.20. The molecule has 9 nitrogen and oxygen atoms in total. The minimum absolute atomic E-state index is 0.145. The Morgan fingerprint density at radius 2 is 1.93 bits per heavy atom. The molecule has 1 aromatic heterocycles. The van der Waals surface area contributed by atoms with E-state index in [0.29, 0.717) is 35.6 Å². The quantitative estimate of drug-likeness (QED) is 0.289. The molecular weight excluding hydrogens is 394 g/mol. The third-order valence-electron chi connectivity index (χ3n) is 5.33. The molecule has 0 unspecified atom stereocenters. The van der Waals surface area contributed by atoms with Crippen molar-refractivity contribution in [2.45, 2.75) is 32.2 Å². The fourth-order valence-corrected chi connectivity index (χ4v) is 3.73. The Morgan fingerprint density at radius 3 is 2.62 bits per heavy atom. The van der Waals surface area contributed by atoms with Crippen molar-refractivity contribution in [1.29, 1.82) is 0 Å². The lowest BCUT2D eigenvalue weighted by atomic mass is 9.82. The Labute approximate surface area is 174 Å². The van der Waals surface area contributed by atoms with Crippen LogP contribution < -0.4 is 22.1 Å². The molecule has 10 heteroatoms. The zero-order valence-corrected chi connectivity index (χ0v) is 16.9. The first kappa shape index (κ1) is 21.1. The molecule has 6 N–H and O–H groups in total. The van der Waals surface area contributed by atoms with Gasteiger partial charge in [0.25, 0.3) is 0 Å². The molecule has 0 spiro atoms. The zero-order valence-electron chi connectivity index (χ0n) is 16.1. The first-order chi connectivity index (χ1) is 14.0. The highest BCUT2D eigenvalue weighted by Crippen LogP contribution is 2.29. The van der Waals surface area contributed by atoms with Crippen molar-refractivity contribution in [3.63, 3.8) is 0 Å². The Bertz CT molecular complexity index is 856. The number of hydrogen-bond acceptors (Lipinski definition) is 8. The number of anilines is 3. The van der Waals surface area contributed by atoms with Gasteiger partial charge in [0, 0.05) is 23.8 Å². The molecule has 1 fully saturated rings. The maximum absolute atomic E-state index is 11.3. The first-order valence-corrected chi connectivity index (χ1v) is 10.1. The Kier molecular flexibility index (Phi) is 7.05. The summed E-state index contributed by atoms with van der Waals surface area (Å²) >= 11 is 6.17. The van der Waals surface area contributed by atoms with Crippen molar-refractivity contribution in [3.05, 3.63) is 45.1 Å². The zero-order chi connectivity index (χ0) is 20.8. The number of aromatic nitrogens is 2. The maximum Gasteiger partial charge on any atom is 0.329 e. The summed E-state index contributed by atoms with van der Waals surface area (Å²) in [7, 11) is 0. The second-order valence-corrected chi connectivity index (χ2v) is 7.80. The normalized spacial score (nSPS) is 19.0. The van der Waals surface area contributed by atoms with E-state index >= 15 is 0 Å². The van der Waals surface area contributed by atoms with Crippen molar-refractivity contribution < 1.29 is 4.92 Å². The van der Waals surface area contributed by atoms with Crippen molar-refractivity contribution >= 4 is 34.7 Å². The number of nitrogens with one attached hydrogen (secondary N) is 2. The largest absolute Gasteiger partial charge is 0.399 e. The van der Waals surface area contributed by atoms with Crippen molar-refractivity contribution in [2.24, 2.45) is 17.6 Å². The number of rotatable bonds is 8. The number of hydrogen-bond donors (Lipinski definition) is 4. The Morgan fingerprint density at radius 1 is 1.21 bits per heavy atom. The molecular formula is C19H26ClN7O2. The number of benzene rings is 1. The predicted molar refractivity (Wildman–Crippen MR) is 115 cm³/mol. The van der Waals surface area contributed by atoms with Gasteiger partial charge in [-0.1, -0.05) is 11.6 Å². The van der Waals surface area contributed by atoms with Gasteiger partial charge in [0.15, 0.2) is 0 Å². The van der Waals surface area contributed by atoms with Gasteiger partial charge >= 0.3 is 5.69 Å². The van der Waals surface area contributed by atoms with Gasteiger partial charge in [0.2, 0.25) is 11.8 Å². The average Bonchev–Trinajstić information content (AvgIpc) is 2.73. The fourth-order valence-electron chi connectivity index (χ4n) is 3.54. The van der Waals surface area contributed by atoms with E-state index in [0.717, 1.165) is 37.8 Å². The maximum atomic E-state index is 11.3. The Balaban J connectivity index is 1.66. The fraction of sp³-hybridized carbons (Fsp3) is 0.474. The van der Waals surface area contributed by atoms with Crippen LogP contribution in [0.4, 0.5) is 23.1 Å². The van der Waals surface area contributed by atoms with E-state index in [2.05, 4.69) is 20.6 Å². The molecule has 2 aromatic rings. The van der Waals surface area contributed by atoms with E-state index < -0.39 is 4.92 Å². The van der Waals surface area contributed by atoms with Gasteiger partial charge in [-0.3, -0.25) is 10.1 Å². The molecule has 0 aliphatic heterocycles. The number of nitrogens with zero attached hydrogens (tertiary/aromatic N) is 3. The third kappa shape index (κ3) is 5.68. The predicted octanol–water partition coefficient (Wildman–Crippen LogP) is 3.41. The molecule has 1 aliphatic carbocycles. The Hall–Kier alpha value is -2.65. The van der Waals surface area contributed by atoms with E-state index in [-0.39, 0.29) is 17.5 Å². The highest BCUT2D eigenvalue weighted by molar-refractivity contribution is 6.31. The van der Waals surface area contributed by atoms with E-state index in [1.54, 1.807) is 18.2 Å². The minimum Gasteiger partial charge on any atom is -0.399 e. The van der Waals surface area contributed by atoms with Crippen LogP contribution in [0.15, 0.2) is 24.4 Å². The summed E-state index contributed by atoms with van der Waals surface area (Å²) < 4.78 is 0. The molecule has 1 saturated carbocycles. The van der Waals surface area contributed by atoms with Crippen LogP contribution in [-0.4, -0.2) is 28.0 Å². The monoisotopic (exact) mass is 419 g/mol. The summed E-state index contributed by atoms with van der Waals surface area (Å²) in [5.74, 6) is 1.54. The van der Waals surface area contributed by atoms with Gasteiger partial charge in [-0.15, -0.1) is 0 Å². The molecule has 0 atom stereocenters. The van der Waals surface area contributed by atoms with Crippen LogP contribution in [0.2, 0.25) is 5.02 Å². The van der Waals surface area contributed by atoms with E-state index in [9.17, 15) is 10.1 Å². The molecule has 1 heterocycles. The molecule has 29 heavy (non-hydrogen) atoms. The minimum atomic E-state index is -0.480. The van der Waals surface area contributed by atoms with E-state index in [1.165, 1.54) is 6.20 Å². The van der Waals surface area contributed by atoms with Gasteiger partial charge in [-0.2, -0.15) is 4.98 Å². The summed E-state index contributed by atoms with van der Waals surface area (Å²) in [5.41, 5.74) is 12.8. The van der Waals surface area contributed by atoms with Crippen LogP contribution in [0.25, 0.3) is 0 Å². The van der Waals surface area contributed by atoms with Gasteiger partial charge < -0.3 is 22.1 Å². The number of halogens is 1. The van der Waals surface area contributed by atoms with Gasteiger partial charge in [-0.25, -0.2) is 4.98 Å². The summed E-state index contributed by atoms with van der Waals surface area (Å²) in [5, 5.41) is 18.1. The second kappa shape index (κ2) is 9.71. The molecule has 0 bridgehead atoms. The van der Waals surface area contributed by atoms with Gasteiger partial charge in [-0.05, 0) is 67.8 Å². The molecule has 156 valence electrons. The standard InChI is InChI=1S/C19H26ClN7O2/c20-16-6-5-15(22)7-14(16)10-24-19-25-11-17(27(28)29)18(26-19)23-9-13-3-1-12(8-21)2-4-13/h5-7,11-13H,1-4,8-10,21-22H2,(H2,23,24,25,26). The molecule has 0 radical (unpaired) electrons. The molecule has 1 aliphatic rings. The topological polar surface area (TPSA) is 145 Å². The first-order valence-electron chi connectivity index (χ1n) is 9.69. The van der Waals surface area contributed by atoms with Crippen molar-refractivity contribution in [2.75, 3.05) is 29.5 Å². The highest BCUT2D eigenvalue weighted by atomic mass is 35.5. The summed E-state index contributed by atoms with van der Waals surface area (Å²) in [6.45, 7) is 1.71. The van der Waals surface area contributed by atoms with Crippen molar-refractivity contribution in [3.8, 4) is 0 Å². The lowest BCUT2D eigenvalue weighted by Gasteiger charge is -2.27. The SMILES string of the molecule is NCC1CCC(CNc2nc(NCc3cc(N)ccc3Cl)ncc2[N+](=O)[O-])CC1. The van der Waals surface area contributed by atoms with Crippen LogP contribution in [0, 0.1) is 22.0 Å². The molecule has 0 amide bonds. The molecule has 0 saturated heterocycles. The van der Waals surface area contributed by atoms with Crippen LogP contribution in [0.1, 0.15) is 31.2 Å². The smallest absolute Gasteiger partial charge is 0.329 e. The summed E-state index contributed by atoms with van der Waals surface area (Å²) in [4.78, 5) is 19.2. The lowest BCUT2D eigenvalue weighted by Crippen LogP contribution is -2.25.